The van der Waals surface area contributed by atoms with Crippen LogP contribution in [0.3, 0.4) is 0 Å². The molecule has 2 aromatic rings. The lowest BCUT2D eigenvalue weighted by Gasteiger charge is -2.18. The van der Waals surface area contributed by atoms with Crippen molar-refractivity contribution >= 4 is 11.9 Å². The second-order valence-corrected chi connectivity index (χ2v) is 5.70. The second kappa shape index (κ2) is 8.15. The van der Waals surface area contributed by atoms with Crippen molar-refractivity contribution in [1.82, 2.24) is 14.0 Å². The maximum Gasteiger partial charge on any atom is 0.341 e. The number of benzene rings is 1. The van der Waals surface area contributed by atoms with Gasteiger partial charge in [0.25, 0.3) is 5.56 Å². The third-order valence-electron chi connectivity index (χ3n) is 3.70. The standard InChI is InChI=1S/C17H19N3O6/c1-18(9-12-3-5-13(6-4-12)26-11-16(23)24)15(22)10-20-8-7-14(21)19(2)17(20)25/h3-8H,9-11H2,1-2H3,(H,23,24). The first kappa shape index (κ1) is 19.0. The molecule has 0 saturated carbocycles. The Kier molecular flexibility index (Phi) is 5.94. The third-order valence-corrected chi connectivity index (χ3v) is 3.70. The van der Waals surface area contributed by atoms with Crippen molar-refractivity contribution in [3.63, 3.8) is 0 Å². The molecule has 0 bridgehead atoms. The van der Waals surface area contributed by atoms with Crippen LogP contribution in [-0.2, 0) is 29.7 Å². The molecule has 0 atom stereocenters. The molecule has 9 nitrogen and oxygen atoms in total. The highest BCUT2D eigenvalue weighted by molar-refractivity contribution is 5.75. The van der Waals surface area contributed by atoms with Gasteiger partial charge in [0.05, 0.1) is 0 Å². The average molecular weight is 361 g/mol. The molecule has 1 heterocycles. The molecule has 0 fully saturated rings. The molecule has 0 spiro atoms. The molecule has 26 heavy (non-hydrogen) atoms. The fraction of sp³-hybridized carbons (Fsp3) is 0.294. The number of nitrogens with zero attached hydrogens (tertiary/aromatic N) is 3. The summed E-state index contributed by atoms with van der Waals surface area (Å²) in [6, 6.07) is 7.91. The van der Waals surface area contributed by atoms with E-state index in [1.54, 1.807) is 31.3 Å². The van der Waals surface area contributed by atoms with E-state index >= 15 is 0 Å². The molecule has 1 aromatic carbocycles. The molecular formula is C17H19N3O6. The van der Waals surface area contributed by atoms with Crippen LogP contribution in [0, 0.1) is 0 Å². The minimum atomic E-state index is -1.06. The van der Waals surface area contributed by atoms with Crippen LogP contribution < -0.4 is 16.0 Å². The zero-order chi connectivity index (χ0) is 19.3. The summed E-state index contributed by atoms with van der Waals surface area (Å²) in [5.74, 6) is -0.938. The fourth-order valence-electron chi connectivity index (χ4n) is 2.20. The van der Waals surface area contributed by atoms with Crippen LogP contribution in [0.1, 0.15) is 5.56 Å². The molecule has 0 radical (unpaired) electrons. The first-order valence-corrected chi connectivity index (χ1v) is 7.72. The molecule has 0 unspecified atom stereocenters. The van der Waals surface area contributed by atoms with Crippen LogP contribution in [0.5, 0.6) is 5.75 Å². The van der Waals surface area contributed by atoms with Crippen molar-refractivity contribution in [2.24, 2.45) is 7.05 Å². The molecule has 138 valence electrons. The maximum absolute atomic E-state index is 12.3. The molecule has 0 aliphatic carbocycles. The summed E-state index contributed by atoms with van der Waals surface area (Å²) in [4.78, 5) is 47.5. The summed E-state index contributed by atoms with van der Waals surface area (Å²) >= 11 is 0. The largest absolute Gasteiger partial charge is 0.482 e. The summed E-state index contributed by atoms with van der Waals surface area (Å²) in [6.07, 6.45) is 1.30. The second-order valence-electron chi connectivity index (χ2n) is 5.70. The Labute approximate surface area is 148 Å². The number of rotatable bonds is 7. The quantitative estimate of drug-likeness (QED) is 0.723. The van der Waals surface area contributed by atoms with Gasteiger partial charge in [-0.15, -0.1) is 0 Å². The van der Waals surface area contributed by atoms with Crippen molar-refractivity contribution in [2.75, 3.05) is 13.7 Å². The van der Waals surface area contributed by atoms with E-state index in [4.69, 9.17) is 9.84 Å². The predicted octanol–water partition coefficient (Wildman–Crippen LogP) is -0.331. The third kappa shape index (κ3) is 4.82. The predicted molar refractivity (Wildman–Crippen MR) is 92.0 cm³/mol. The summed E-state index contributed by atoms with van der Waals surface area (Å²) in [7, 11) is 2.95. The Hall–Kier alpha value is -3.36. The SMILES string of the molecule is CN(Cc1ccc(OCC(=O)O)cc1)C(=O)Cn1ccc(=O)n(C)c1=O. The van der Waals surface area contributed by atoms with E-state index < -0.39 is 23.8 Å². The van der Waals surface area contributed by atoms with E-state index in [0.717, 1.165) is 10.1 Å². The lowest BCUT2D eigenvalue weighted by molar-refractivity contribution is -0.139. The first-order chi connectivity index (χ1) is 12.3. The number of amides is 1. The van der Waals surface area contributed by atoms with Crippen LogP contribution in [-0.4, -0.2) is 44.7 Å². The van der Waals surface area contributed by atoms with E-state index in [2.05, 4.69) is 0 Å². The number of hydrogen-bond acceptors (Lipinski definition) is 5. The van der Waals surface area contributed by atoms with Gasteiger partial charge in [-0.3, -0.25) is 18.7 Å². The molecular weight excluding hydrogens is 342 g/mol. The van der Waals surface area contributed by atoms with Crippen molar-refractivity contribution in [1.29, 1.82) is 0 Å². The lowest BCUT2D eigenvalue weighted by atomic mass is 10.2. The number of hydrogen-bond donors (Lipinski definition) is 1. The number of likely N-dealkylation sites (N-methyl/N-ethyl adjacent to an activating group) is 1. The van der Waals surface area contributed by atoms with Gasteiger partial charge in [-0.25, -0.2) is 9.59 Å². The number of carbonyl (C=O) groups excluding carboxylic acids is 1. The van der Waals surface area contributed by atoms with Gasteiger partial charge in [0, 0.05) is 32.9 Å². The highest BCUT2D eigenvalue weighted by Crippen LogP contribution is 2.13. The fourth-order valence-corrected chi connectivity index (χ4v) is 2.20. The number of aliphatic carboxylic acids is 1. The highest BCUT2D eigenvalue weighted by Gasteiger charge is 2.12. The Balaban J connectivity index is 1.99. The van der Waals surface area contributed by atoms with Gasteiger partial charge in [0.15, 0.2) is 6.61 Å². The molecule has 1 amide bonds. The van der Waals surface area contributed by atoms with Gasteiger partial charge < -0.3 is 14.7 Å². The van der Waals surface area contributed by atoms with Gasteiger partial charge >= 0.3 is 11.7 Å². The van der Waals surface area contributed by atoms with Crippen LogP contribution in [0.4, 0.5) is 0 Å². The number of carbonyl (C=O) groups is 2. The van der Waals surface area contributed by atoms with Crippen molar-refractivity contribution < 1.29 is 19.4 Å². The summed E-state index contributed by atoms with van der Waals surface area (Å²) in [5, 5.41) is 8.57. The summed E-state index contributed by atoms with van der Waals surface area (Å²) in [6.45, 7) is -0.298. The molecule has 0 aliphatic rings. The number of ether oxygens (including phenoxy) is 1. The summed E-state index contributed by atoms with van der Waals surface area (Å²) in [5.41, 5.74) is -0.173. The Morgan fingerprint density at radius 2 is 1.81 bits per heavy atom. The molecule has 0 aliphatic heterocycles. The van der Waals surface area contributed by atoms with E-state index in [9.17, 15) is 19.2 Å². The van der Waals surface area contributed by atoms with Crippen molar-refractivity contribution in [2.45, 2.75) is 13.1 Å². The van der Waals surface area contributed by atoms with Crippen LogP contribution in [0.25, 0.3) is 0 Å². The highest BCUT2D eigenvalue weighted by atomic mass is 16.5. The van der Waals surface area contributed by atoms with Gasteiger partial charge in [-0.2, -0.15) is 0 Å². The topological polar surface area (TPSA) is 111 Å². The smallest absolute Gasteiger partial charge is 0.341 e. The Morgan fingerprint density at radius 3 is 2.42 bits per heavy atom. The monoisotopic (exact) mass is 361 g/mol. The van der Waals surface area contributed by atoms with Crippen molar-refractivity contribution in [3.8, 4) is 5.75 Å². The Morgan fingerprint density at radius 1 is 1.15 bits per heavy atom. The molecule has 9 heteroatoms. The zero-order valence-corrected chi connectivity index (χ0v) is 14.4. The van der Waals surface area contributed by atoms with Crippen LogP contribution >= 0.6 is 0 Å². The molecule has 1 aromatic heterocycles. The van der Waals surface area contributed by atoms with E-state index in [-0.39, 0.29) is 12.5 Å². The summed E-state index contributed by atoms with van der Waals surface area (Å²) < 4.78 is 7.15. The Bertz CT molecular complexity index is 913. The number of aromatic nitrogens is 2. The van der Waals surface area contributed by atoms with Gasteiger partial charge in [0.1, 0.15) is 12.3 Å². The van der Waals surface area contributed by atoms with Crippen LogP contribution in [0.15, 0.2) is 46.1 Å². The number of carboxylic acids is 1. The van der Waals surface area contributed by atoms with E-state index in [0.29, 0.717) is 12.3 Å². The molecule has 0 saturated heterocycles. The number of carboxylic acid groups (broad SMARTS) is 1. The average Bonchev–Trinajstić information content (AvgIpc) is 2.61. The van der Waals surface area contributed by atoms with Gasteiger partial charge in [-0.05, 0) is 17.7 Å². The van der Waals surface area contributed by atoms with E-state index in [1.165, 1.54) is 28.8 Å². The first-order valence-electron chi connectivity index (χ1n) is 7.72. The van der Waals surface area contributed by atoms with Gasteiger partial charge in [0.2, 0.25) is 5.91 Å². The minimum absolute atomic E-state index is 0.177. The van der Waals surface area contributed by atoms with Crippen molar-refractivity contribution in [3.05, 3.63) is 62.9 Å². The zero-order valence-electron chi connectivity index (χ0n) is 14.4. The minimum Gasteiger partial charge on any atom is -0.482 e. The van der Waals surface area contributed by atoms with Gasteiger partial charge in [-0.1, -0.05) is 12.1 Å². The lowest BCUT2D eigenvalue weighted by Crippen LogP contribution is -2.40. The van der Waals surface area contributed by atoms with Crippen LogP contribution in [0.2, 0.25) is 0 Å². The molecule has 1 N–H and O–H groups in total. The maximum atomic E-state index is 12.3. The normalized spacial score (nSPS) is 10.4. The molecule has 2 rings (SSSR count). The van der Waals surface area contributed by atoms with E-state index in [1.807, 2.05) is 0 Å².